The van der Waals surface area contributed by atoms with E-state index in [9.17, 15) is 19.2 Å². The number of hydrogen-bond donors (Lipinski definition) is 0. The van der Waals surface area contributed by atoms with E-state index in [4.69, 9.17) is 37.3 Å². The molecule has 4 amide bonds. The molecule has 2 aromatic carbocycles. The summed E-state index contributed by atoms with van der Waals surface area (Å²) < 4.78 is 51.4. The van der Waals surface area contributed by atoms with Gasteiger partial charge in [0, 0.05) is 67.4 Å². The van der Waals surface area contributed by atoms with E-state index in [1.807, 2.05) is 0 Å². The Morgan fingerprint density at radius 1 is 0.506 bits per heavy atom. The first kappa shape index (κ1) is 64.4. The number of carbonyl (C=O) groups excluding carboxylic acids is 4. The number of fused-ring (bicyclic) bond motifs is 4. The molecule has 6 rings (SSSR count). The van der Waals surface area contributed by atoms with Gasteiger partial charge < -0.3 is 47.1 Å². The van der Waals surface area contributed by atoms with Gasteiger partial charge in [-0.3, -0.25) is 29.0 Å². The molecule has 20 heteroatoms. The largest absolute Gasteiger partial charge is 0.493 e. The number of ether oxygens (including phenoxy) is 6. The molecule has 2 fully saturated rings. The normalized spacial score (nSPS) is 20.7. The third kappa shape index (κ3) is 15.5. The van der Waals surface area contributed by atoms with Crippen LogP contribution in [0.1, 0.15) is 109 Å². The van der Waals surface area contributed by atoms with Crippen molar-refractivity contribution < 1.29 is 56.5 Å². The van der Waals surface area contributed by atoms with E-state index in [2.05, 4.69) is 135 Å². The van der Waals surface area contributed by atoms with Crippen molar-refractivity contribution in [3.63, 3.8) is 0 Å². The van der Waals surface area contributed by atoms with Crippen LogP contribution in [0.2, 0.25) is 87.6 Å². The minimum Gasteiger partial charge on any atom is -0.493 e. The second kappa shape index (κ2) is 23.8. The molecule has 0 N–H and O–H groups in total. The molecule has 444 valence electrons. The maximum atomic E-state index is 14.8. The summed E-state index contributed by atoms with van der Waals surface area (Å²) in [6.07, 6.45) is 0.925. The lowest BCUT2D eigenvalue weighted by Gasteiger charge is -2.38. The smallest absolute Gasteiger partial charge is 0.256 e. The third-order valence-electron chi connectivity index (χ3n) is 16.9. The predicted molar refractivity (Wildman–Crippen MR) is 325 cm³/mol. The van der Waals surface area contributed by atoms with Crippen molar-refractivity contribution in [2.24, 2.45) is 10.8 Å². The Balaban J connectivity index is 1.22. The molecule has 2 aromatic rings. The standard InChI is InChI=1S/C59H100N4O12Si4/c1-56(2,3)78(19,20)74-40-27-46-54(66)62(38-70-23-25-76(13,14)15)44-31-50(48(68-11)29-42(44)52(64)60(46)33-40)72-36-58(7,8)35-59(9,10)37-73-51-32-45-43(30-49(51)69-12)53(65)61-34-41(75-79(21,22)57(4,5)6)28-47(61)55(67)63(45)39-71-24-26-77(16,17)18/h29-32,40-41,46-47H,23-28,33-39H2,1-22H3/t40?,41?,46-,47?/m0/s1. The average molecular weight is 1170 g/mol. The molecule has 4 heterocycles. The van der Waals surface area contributed by atoms with Crippen molar-refractivity contribution in [3.05, 3.63) is 35.4 Å². The topological polar surface area (TPSA) is 155 Å². The van der Waals surface area contributed by atoms with Crippen molar-refractivity contribution in [2.75, 3.05) is 77.0 Å². The predicted octanol–water partition coefficient (Wildman–Crippen LogP) is 12.1. The summed E-state index contributed by atoms with van der Waals surface area (Å²) in [4.78, 5) is 65.5. The van der Waals surface area contributed by atoms with E-state index in [1.54, 1.807) is 58.1 Å². The van der Waals surface area contributed by atoms with Gasteiger partial charge in [-0.15, -0.1) is 0 Å². The molecule has 16 nitrogen and oxygen atoms in total. The van der Waals surface area contributed by atoms with Crippen molar-refractivity contribution in [2.45, 2.75) is 200 Å². The lowest BCUT2D eigenvalue weighted by molar-refractivity contribution is -0.124. The number of carbonyl (C=O) groups is 4. The van der Waals surface area contributed by atoms with Crippen LogP contribution < -0.4 is 28.7 Å². The Morgan fingerprint density at radius 3 is 1.15 bits per heavy atom. The summed E-state index contributed by atoms with van der Waals surface area (Å²) in [5, 5.41) is -0.0719. The summed E-state index contributed by atoms with van der Waals surface area (Å²) in [5.41, 5.74) is 0.682. The van der Waals surface area contributed by atoms with Crippen LogP contribution in [0, 0.1) is 10.8 Å². The fraction of sp³-hybridized carbons (Fsp3) is 0.729. The van der Waals surface area contributed by atoms with Crippen molar-refractivity contribution in [3.8, 4) is 23.0 Å². The maximum Gasteiger partial charge on any atom is 0.256 e. The van der Waals surface area contributed by atoms with E-state index in [0.717, 1.165) is 12.1 Å². The van der Waals surface area contributed by atoms with Gasteiger partial charge in [-0.25, -0.2) is 0 Å². The van der Waals surface area contributed by atoms with E-state index < -0.39 is 55.7 Å². The minimum atomic E-state index is -2.21. The summed E-state index contributed by atoms with van der Waals surface area (Å²) in [6.45, 7) is 46.3. The number of hydrogen-bond acceptors (Lipinski definition) is 12. The Hall–Kier alpha value is -3.77. The van der Waals surface area contributed by atoms with Gasteiger partial charge in [0.2, 0.25) is 0 Å². The van der Waals surface area contributed by atoms with Gasteiger partial charge in [-0.1, -0.05) is 109 Å². The fourth-order valence-corrected chi connectivity index (χ4v) is 14.7. The Kier molecular flexibility index (Phi) is 19.4. The van der Waals surface area contributed by atoms with Crippen LogP contribution in [-0.4, -0.2) is 158 Å². The van der Waals surface area contributed by atoms with Gasteiger partial charge in [-0.05, 0) is 77.7 Å². The van der Waals surface area contributed by atoms with Gasteiger partial charge in [0.05, 0.1) is 62.1 Å². The number of anilines is 2. The first-order valence-corrected chi connectivity index (χ1v) is 41.9. The summed E-state index contributed by atoms with van der Waals surface area (Å²) in [7, 11) is -4.19. The van der Waals surface area contributed by atoms with Crippen molar-refractivity contribution in [1.82, 2.24) is 9.80 Å². The molecular formula is C59H100N4O12Si4. The Labute approximate surface area is 478 Å². The molecule has 0 bridgehead atoms. The third-order valence-corrected chi connectivity index (χ3v) is 29.4. The minimum absolute atomic E-state index is 0.00821. The molecule has 4 aliphatic rings. The molecule has 3 unspecified atom stereocenters. The Morgan fingerprint density at radius 2 is 0.848 bits per heavy atom. The Bertz CT molecular complexity index is 2370. The molecule has 0 radical (unpaired) electrons. The lowest BCUT2D eigenvalue weighted by atomic mass is 9.76. The van der Waals surface area contributed by atoms with Gasteiger partial charge >= 0.3 is 0 Å². The summed E-state index contributed by atoms with van der Waals surface area (Å²) in [5.74, 6) is 0.657. The van der Waals surface area contributed by atoms with Gasteiger partial charge in [0.1, 0.15) is 25.5 Å². The molecular weight excluding hydrogens is 1070 g/mol. The second-order valence-electron chi connectivity index (χ2n) is 29.8. The zero-order chi connectivity index (χ0) is 59.2. The number of amides is 4. The van der Waals surface area contributed by atoms with E-state index in [-0.39, 0.29) is 72.6 Å². The van der Waals surface area contributed by atoms with Crippen LogP contribution >= 0.6 is 0 Å². The van der Waals surface area contributed by atoms with Crippen molar-refractivity contribution in [1.29, 1.82) is 0 Å². The van der Waals surface area contributed by atoms with Gasteiger partial charge in [0.25, 0.3) is 23.6 Å². The molecule has 79 heavy (non-hydrogen) atoms. The highest BCUT2D eigenvalue weighted by Gasteiger charge is 2.51. The monoisotopic (exact) mass is 1170 g/mol. The van der Waals surface area contributed by atoms with E-state index >= 15 is 0 Å². The highest BCUT2D eigenvalue weighted by molar-refractivity contribution is 6.76. The first-order chi connectivity index (χ1) is 36.2. The average Bonchev–Trinajstić information content (AvgIpc) is 4.03. The van der Waals surface area contributed by atoms with Crippen LogP contribution in [0.3, 0.4) is 0 Å². The number of nitrogens with zero attached hydrogens (tertiary/aromatic N) is 4. The first-order valence-electron chi connectivity index (χ1n) is 28.6. The molecule has 0 aliphatic carbocycles. The van der Waals surface area contributed by atoms with Crippen LogP contribution in [-0.2, 0) is 27.9 Å². The van der Waals surface area contributed by atoms with Gasteiger partial charge in [-0.2, -0.15) is 0 Å². The molecule has 0 saturated carbocycles. The van der Waals surface area contributed by atoms with E-state index in [0.29, 0.717) is 91.1 Å². The van der Waals surface area contributed by atoms with E-state index in [1.165, 1.54) is 0 Å². The van der Waals surface area contributed by atoms with Crippen LogP contribution in [0.5, 0.6) is 23.0 Å². The second-order valence-corrected chi connectivity index (χ2v) is 50.5. The molecule has 4 atom stereocenters. The molecule has 0 spiro atoms. The quantitative estimate of drug-likeness (QED) is 0.0725. The highest BCUT2D eigenvalue weighted by Crippen LogP contribution is 2.46. The number of methoxy groups -OCH3 is 2. The highest BCUT2D eigenvalue weighted by atomic mass is 28.4. The summed E-state index contributed by atoms with van der Waals surface area (Å²) >= 11 is 0. The van der Waals surface area contributed by atoms with Crippen LogP contribution in [0.15, 0.2) is 24.3 Å². The zero-order valence-corrected chi connectivity index (χ0v) is 56.5. The zero-order valence-electron chi connectivity index (χ0n) is 52.5. The SMILES string of the molecule is COc1cc2c(cc1OCC(C)(C)CC(C)(C)COc1cc3c(cc1OC)C(=O)N1CC(O[Si](C)(C)C(C)(C)C)C[C@H]1C(=O)N3COCC[Si](C)(C)C)N(COCC[Si](C)(C)C)C(=O)C1CC(O[Si](C)(C)C(C)(C)C)CN1C2=O. The molecule has 2 saturated heterocycles. The number of rotatable bonds is 24. The summed E-state index contributed by atoms with van der Waals surface area (Å²) in [6, 6.07) is 7.36. The fourth-order valence-electron chi connectivity index (χ4n) is 10.5. The lowest BCUT2D eigenvalue weighted by Crippen LogP contribution is -2.45. The van der Waals surface area contributed by atoms with Crippen LogP contribution in [0.4, 0.5) is 11.4 Å². The number of benzene rings is 2. The van der Waals surface area contributed by atoms with Gasteiger partial charge in [0.15, 0.2) is 39.6 Å². The molecule has 4 aliphatic heterocycles. The van der Waals surface area contributed by atoms with Crippen molar-refractivity contribution >= 4 is 67.8 Å². The van der Waals surface area contributed by atoms with Crippen LogP contribution in [0.25, 0.3) is 0 Å². The maximum absolute atomic E-state index is 14.8. The molecule has 0 aromatic heterocycles.